The van der Waals surface area contributed by atoms with Gasteiger partial charge >= 0.3 is 5.97 Å². The standard InChI is InChI=1S/C28H28FNO3/c1-17-25(28(32)33-22-12-5-6-13-22)26(19-10-7-11-21(29)14-19)27-23(30-17)15-20(16-24(27)31)18-8-3-2-4-9-18/h2-4,7-11,14,20,22,26,30H,5-6,12-13,15-16H2,1H3/t20-,26-/m0/s1. The van der Waals surface area contributed by atoms with Gasteiger partial charge in [0.25, 0.3) is 0 Å². The zero-order valence-electron chi connectivity index (χ0n) is 18.8. The Hall–Kier alpha value is -3.21. The van der Waals surface area contributed by atoms with Crippen molar-refractivity contribution < 1.29 is 18.7 Å². The number of hydrogen-bond acceptors (Lipinski definition) is 4. The molecule has 0 spiro atoms. The predicted octanol–water partition coefficient (Wildman–Crippen LogP) is 5.67. The molecule has 0 radical (unpaired) electrons. The molecule has 1 fully saturated rings. The van der Waals surface area contributed by atoms with Gasteiger partial charge in [-0.15, -0.1) is 0 Å². The molecule has 1 saturated carbocycles. The first-order valence-electron chi connectivity index (χ1n) is 11.8. The molecule has 5 heteroatoms. The minimum atomic E-state index is -0.630. The molecule has 4 nitrogen and oxygen atoms in total. The first kappa shape index (κ1) is 21.6. The van der Waals surface area contributed by atoms with Crippen LogP contribution in [0.2, 0.25) is 0 Å². The van der Waals surface area contributed by atoms with E-state index in [-0.39, 0.29) is 23.6 Å². The van der Waals surface area contributed by atoms with Crippen molar-refractivity contribution in [3.05, 3.63) is 94.1 Å². The van der Waals surface area contributed by atoms with Gasteiger partial charge in [0.05, 0.1) is 5.57 Å². The minimum absolute atomic E-state index is 0.00877. The normalized spacial score (nSPS) is 23.4. The molecule has 5 rings (SSSR count). The fourth-order valence-electron chi connectivity index (χ4n) is 5.51. The fraction of sp³-hybridized carbons (Fsp3) is 0.357. The van der Waals surface area contributed by atoms with Crippen molar-refractivity contribution in [1.82, 2.24) is 5.32 Å². The third-order valence-corrected chi connectivity index (χ3v) is 7.08. The van der Waals surface area contributed by atoms with E-state index in [0.29, 0.717) is 35.2 Å². The lowest BCUT2D eigenvalue weighted by Gasteiger charge is -2.37. The number of hydrogen-bond donors (Lipinski definition) is 1. The number of Topliss-reactive ketones (excluding diaryl/α,β-unsaturated/α-hetero) is 1. The number of carbonyl (C=O) groups excluding carboxylic acids is 2. The average Bonchev–Trinajstić information content (AvgIpc) is 3.31. The Morgan fingerprint density at radius 3 is 2.45 bits per heavy atom. The third kappa shape index (κ3) is 4.24. The van der Waals surface area contributed by atoms with Crippen LogP contribution in [0.25, 0.3) is 0 Å². The zero-order valence-corrected chi connectivity index (χ0v) is 18.8. The van der Waals surface area contributed by atoms with E-state index < -0.39 is 11.9 Å². The molecule has 0 amide bonds. The van der Waals surface area contributed by atoms with Crippen molar-refractivity contribution >= 4 is 11.8 Å². The highest BCUT2D eigenvalue weighted by molar-refractivity contribution is 6.04. The summed E-state index contributed by atoms with van der Waals surface area (Å²) in [5, 5.41) is 3.36. The van der Waals surface area contributed by atoms with Crippen LogP contribution in [0.1, 0.15) is 68.4 Å². The van der Waals surface area contributed by atoms with Gasteiger partial charge in [-0.25, -0.2) is 9.18 Å². The summed E-state index contributed by atoms with van der Waals surface area (Å²) in [6.45, 7) is 1.85. The molecule has 2 aromatic carbocycles. The number of esters is 1. The van der Waals surface area contributed by atoms with E-state index in [1.165, 1.54) is 12.1 Å². The molecule has 1 N–H and O–H groups in total. The largest absolute Gasteiger partial charge is 0.459 e. The highest BCUT2D eigenvalue weighted by Gasteiger charge is 2.42. The molecule has 0 aromatic heterocycles. The number of allylic oxidation sites excluding steroid dienone is 3. The highest BCUT2D eigenvalue weighted by atomic mass is 19.1. The Bertz CT molecular complexity index is 1140. The molecule has 1 heterocycles. The molecule has 33 heavy (non-hydrogen) atoms. The Balaban J connectivity index is 1.55. The minimum Gasteiger partial charge on any atom is -0.459 e. The first-order valence-corrected chi connectivity index (χ1v) is 11.8. The van der Waals surface area contributed by atoms with Gasteiger partial charge in [0.15, 0.2) is 5.78 Å². The third-order valence-electron chi connectivity index (χ3n) is 7.08. The zero-order chi connectivity index (χ0) is 22.9. The Labute approximate surface area is 193 Å². The number of carbonyl (C=O) groups is 2. The predicted molar refractivity (Wildman–Crippen MR) is 124 cm³/mol. The lowest BCUT2D eigenvalue weighted by Crippen LogP contribution is -2.36. The van der Waals surface area contributed by atoms with Crippen LogP contribution < -0.4 is 5.32 Å². The molecule has 3 aliphatic rings. The maximum atomic E-state index is 14.2. The molecule has 0 unspecified atom stereocenters. The Morgan fingerprint density at radius 1 is 1.00 bits per heavy atom. The molecule has 0 saturated heterocycles. The van der Waals surface area contributed by atoms with Crippen LogP contribution in [0.3, 0.4) is 0 Å². The van der Waals surface area contributed by atoms with Gasteiger partial charge < -0.3 is 10.1 Å². The number of rotatable bonds is 4. The van der Waals surface area contributed by atoms with E-state index in [9.17, 15) is 14.0 Å². The monoisotopic (exact) mass is 445 g/mol. The number of ether oxygens (including phenoxy) is 1. The topological polar surface area (TPSA) is 55.4 Å². The molecular weight excluding hydrogens is 417 g/mol. The van der Waals surface area contributed by atoms with E-state index in [0.717, 1.165) is 36.9 Å². The summed E-state index contributed by atoms with van der Waals surface area (Å²) < 4.78 is 20.1. The second-order valence-corrected chi connectivity index (χ2v) is 9.29. The molecule has 0 bridgehead atoms. The van der Waals surface area contributed by atoms with Crippen LogP contribution in [0.15, 0.2) is 77.1 Å². The molecule has 2 aliphatic carbocycles. The highest BCUT2D eigenvalue weighted by Crippen LogP contribution is 2.46. The number of nitrogens with one attached hydrogen (secondary N) is 1. The Kier molecular flexibility index (Phi) is 5.88. The summed E-state index contributed by atoms with van der Waals surface area (Å²) >= 11 is 0. The summed E-state index contributed by atoms with van der Waals surface area (Å²) in [6, 6.07) is 16.2. The van der Waals surface area contributed by atoms with Crippen LogP contribution in [0.4, 0.5) is 4.39 Å². The van der Waals surface area contributed by atoms with E-state index in [2.05, 4.69) is 5.32 Å². The van der Waals surface area contributed by atoms with E-state index >= 15 is 0 Å². The summed E-state index contributed by atoms with van der Waals surface area (Å²) in [7, 11) is 0. The van der Waals surface area contributed by atoms with Gasteiger partial charge in [-0.1, -0.05) is 42.5 Å². The van der Waals surface area contributed by atoms with Crippen molar-refractivity contribution in [2.45, 2.75) is 63.4 Å². The van der Waals surface area contributed by atoms with Crippen LogP contribution in [0.5, 0.6) is 0 Å². The fourth-order valence-corrected chi connectivity index (χ4v) is 5.51. The molecule has 170 valence electrons. The second-order valence-electron chi connectivity index (χ2n) is 9.29. The lowest BCUT2D eigenvalue weighted by atomic mass is 9.71. The van der Waals surface area contributed by atoms with Gasteiger partial charge in [0.1, 0.15) is 11.9 Å². The first-order chi connectivity index (χ1) is 16.0. The van der Waals surface area contributed by atoms with Crippen LogP contribution in [-0.2, 0) is 14.3 Å². The maximum absolute atomic E-state index is 14.2. The van der Waals surface area contributed by atoms with Gasteiger partial charge in [0.2, 0.25) is 0 Å². The number of benzene rings is 2. The quantitative estimate of drug-likeness (QED) is 0.616. The van der Waals surface area contributed by atoms with Gasteiger partial charge in [-0.3, -0.25) is 4.79 Å². The van der Waals surface area contributed by atoms with E-state index in [1.807, 2.05) is 37.3 Å². The second kappa shape index (κ2) is 8.97. The summed E-state index contributed by atoms with van der Waals surface area (Å²) in [6.07, 6.45) is 4.76. The van der Waals surface area contributed by atoms with E-state index in [1.54, 1.807) is 12.1 Å². The van der Waals surface area contributed by atoms with Crippen molar-refractivity contribution in [2.75, 3.05) is 0 Å². The smallest absolute Gasteiger partial charge is 0.337 e. The van der Waals surface area contributed by atoms with Gasteiger partial charge in [-0.2, -0.15) is 0 Å². The van der Waals surface area contributed by atoms with Crippen molar-refractivity contribution in [1.29, 1.82) is 0 Å². The SMILES string of the molecule is CC1=C(C(=O)OC2CCCC2)[C@H](c2cccc(F)c2)C2=C(C[C@H](c3ccccc3)CC2=O)N1. The molecule has 2 aromatic rings. The number of halogens is 1. The Morgan fingerprint density at radius 2 is 1.73 bits per heavy atom. The average molecular weight is 446 g/mol. The lowest BCUT2D eigenvalue weighted by molar-refractivity contribution is -0.144. The van der Waals surface area contributed by atoms with Crippen molar-refractivity contribution in [3.63, 3.8) is 0 Å². The van der Waals surface area contributed by atoms with Gasteiger partial charge in [0, 0.05) is 29.3 Å². The molecule has 2 atom stereocenters. The van der Waals surface area contributed by atoms with Gasteiger partial charge in [-0.05, 0) is 68.2 Å². The van der Waals surface area contributed by atoms with Crippen molar-refractivity contribution in [3.8, 4) is 0 Å². The van der Waals surface area contributed by atoms with Crippen LogP contribution in [-0.4, -0.2) is 17.9 Å². The summed E-state index contributed by atoms with van der Waals surface area (Å²) in [5.41, 5.74) is 4.20. The molecular formula is C28H28FNO3. The van der Waals surface area contributed by atoms with Crippen molar-refractivity contribution in [2.24, 2.45) is 0 Å². The summed E-state index contributed by atoms with van der Waals surface area (Å²) in [4.78, 5) is 26.9. The van der Waals surface area contributed by atoms with Crippen LogP contribution in [0, 0.1) is 5.82 Å². The van der Waals surface area contributed by atoms with E-state index in [4.69, 9.17) is 4.74 Å². The summed E-state index contributed by atoms with van der Waals surface area (Å²) in [5.74, 6) is -1.37. The molecule has 1 aliphatic heterocycles. The number of dihydropyridines is 1. The van der Waals surface area contributed by atoms with Crippen LogP contribution >= 0.6 is 0 Å². The maximum Gasteiger partial charge on any atom is 0.337 e. The number of ketones is 1.